The average molecular weight is 265 g/mol. The Bertz CT molecular complexity index is 442. The molecule has 0 saturated heterocycles. The van der Waals surface area contributed by atoms with Crippen molar-refractivity contribution in [3.05, 3.63) is 21.9 Å². The van der Waals surface area contributed by atoms with Crippen molar-refractivity contribution in [3.8, 4) is 11.8 Å². The number of hydrogen-bond donors (Lipinski definition) is 2. The molecule has 0 spiro atoms. The van der Waals surface area contributed by atoms with E-state index in [1.165, 1.54) is 0 Å². The number of carbonyl (C=O) groups excluding carboxylic acids is 1. The first-order valence-corrected chi connectivity index (χ1v) is 7.00. The third-order valence-electron chi connectivity index (χ3n) is 2.69. The number of amides is 1. The highest BCUT2D eigenvalue weighted by Crippen LogP contribution is 2.15. The molecule has 0 aliphatic carbocycles. The van der Waals surface area contributed by atoms with Crippen molar-refractivity contribution in [1.29, 1.82) is 0 Å². The first kappa shape index (κ1) is 14.7. The maximum absolute atomic E-state index is 11.7. The van der Waals surface area contributed by atoms with Crippen LogP contribution in [0.4, 0.5) is 0 Å². The molecular weight excluding hydrogens is 246 g/mol. The van der Waals surface area contributed by atoms with Crippen LogP contribution in [0.25, 0.3) is 0 Å². The van der Waals surface area contributed by atoms with Crippen LogP contribution in [0, 0.1) is 17.8 Å². The van der Waals surface area contributed by atoms with E-state index in [2.05, 4.69) is 17.2 Å². The molecule has 1 unspecified atom stereocenters. The average Bonchev–Trinajstić information content (AvgIpc) is 2.83. The Hall–Kier alpha value is -1.31. The normalized spacial score (nSPS) is 11.5. The number of rotatable bonds is 5. The molecule has 1 rings (SSSR count). The monoisotopic (exact) mass is 265 g/mol. The fraction of sp³-hybridized carbons (Fsp3) is 0.500. The van der Waals surface area contributed by atoms with Crippen LogP contribution in [0.3, 0.4) is 0 Å². The summed E-state index contributed by atoms with van der Waals surface area (Å²) in [6.45, 7) is 4.54. The topological polar surface area (TPSA) is 49.3 Å². The fourth-order valence-electron chi connectivity index (χ4n) is 1.33. The van der Waals surface area contributed by atoms with Crippen molar-refractivity contribution in [2.24, 2.45) is 5.92 Å². The zero-order valence-corrected chi connectivity index (χ0v) is 11.6. The van der Waals surface area contributed by atoms with Gasteiger partial charge in [0.2, 0.25) is 5.91 Å². The first-order valence-electron chi connectivity index (χ1n) is 6.12. The van der Waals surface area contributed by atoms with Crippen molar-refractivity contribution < 1.29 is 9.90 Å². The van der Waals surface area contributed by atoms with Crippen molar-refractivity contribution in [2.45, 2.75) is 33.2 Å². The van der Waals surface area contributed by atoms with E-state index in [1.807, 2.05) is 25.3 Å². The number of aliphatic hydroxyl groups excluding tert-OH is 1. The highest BCUT2D eigenvalue weighted by atomic mass is 32.1. The highest BCUT2D eigenvalue weighted by molar-refractivity contribution is 7.10. The molecule has 0 aliphatic rings. The van der Waals surface area contributed by atoms with E-state index in [0.29, 0.717) is 13.0 Å². The largest absolute Gasteiger partial charge is 0.395 e. The maximum atomic E-state index is 11.7. The molecule has 18 heavy (non-hydrogen) atoms. The third-order valence-corrected chi connectivity index (χ3v) is 3.61. The molecule has 0 fully saturated rings. The maximum Gasteiger partial charge on any atom is 0.223 e. The smallest absolute Gasteiger partial charge is 0.223 e. The lowest BCUT2D eigenvalue weighted by Crippen LogP contribution is -2.28. The van der Waals surface area contributed by atoms with Gasteiger partial charge in [0.15, 0.2) is 0 Å². The van der Waals surface area contributed by atoms with E-state index in [-0.39, 0.29) is 18.4 Å². The summed E-state index contributed by atoms with van der Waals surface area (Å²) in [5.74, 6) is 6.04. The van der Waals surface area contributed by atoms with Crippen LogP contribution in [-0.2, 0) is 11.3 Å². The summed E-state index contributed by atoms with van der Waals surface area (Å²) in [4.78, 5) is 12.7. The van der Waals surface area contributed by atoms with Crippen molar-refractivity contribution in [1.82, 2.24) is 5.32 Å². The molecule has 0 radical (unpaired) electrons. The first-order chi connectivity index (χ1) is 8.69. The van der Waals surface area contributed by atoms with E-state index in [4.69, 9.17) is 5.11 Å². The molecule has 0 bridgehead atoms. The second kappa shape index (κ2) is 7.91. The van der Waals surface area contributed by atoms with Gasteiger partial charge in [0, 0.05) is 22.8 Å². The van der Waals surface area contributed by atoms with Gasteiger partial charge in [-0.1, -0.05) is 25.7 Å². The van der Waals surface area contributed by atoms with Gasteiger partial charge >= 0.3 is 0 Å². The molecule has 4 heteroatoms. The van der Waals surface area contributed by atoms with E-state index < -0.39 is 0 Å². The zero-order chi connectivity index (χ0) is 13.4. The van der Waals surface area contributed by atoms with Gasteiger partial charge in [-0.05, 0) is 17.9 Å². The van der Waals surface area contributed by atoms with Gasteiger partial charge in [-0.2, -0.15) is 0 Å². The Labute approximate surface area is 112 Å². The molecule has 0 aliphatic heterocycles. The Morgan fingerprint density at radius 2 is 2.39 bits per heavy atom. The molecule has 1 aromatic rings. The summed E-state index contributed by atoms with van der Waals surface area (Å²) in [7, 11) is 0. The predicted molar refractivity (Wildman–Crippen MR) is 74.2 cm³/mol. The van der Waals surface area contributed by atoms with Crippen LogP contribution in [0.15, 0.2) is 11.4 Å². The lowest BCUT2D eigenvalue weighted by Gasteiger charge is -2.09. The van der Waals surface area contributed by atoms with Crippen molar-refractivity contribution >= 4 is 17.2 Å². The summed E-state index contributed by atoms with van der Waals surface area (Å²) in [6.07, 6.45) is 1.33. The number of thiophene rings is 1. The lowest BCUT2D eigenvalue weighted by molar-refractivity contribution is -0.124. The quantitative estimate of drug-likeness (QED) is 0.801. The molecule has 1 amide bonds. The molecule has 98 valence electrons. The number of nitrogens with one attached hydrogen (secondary N) is 1. The van der Waals surface area contributed by atoms with Gasteiger partial charge in [0.05, 0.1) is 13.2 Å². The minimum atomic E-state index is 0.0499. The van der Waals surface area contributed by atoms with Gasteiger partial charge in [-0.3, -0.25) is 4.79 Å². The molecule has 1 atom stereocenters. The molecule has 1 heterocycles. The molecule has 3 nitrogen and oxygen atoms in total. The predicted octanol–water partition coefficient (Wildman–Crippen LogP) is 2.14. The van der Waals surface area contributed by atoms with Crippen molar-refractivity contribution in [3.63, 3.8) is 0 Å². The van der Waals surface area contributed by atoms with Gasteiger partial charge in [0.25, 0.3) is 0 Å². The highest BCUT2D eigenvalue weighted by Gasteiger charge is 2.10. The summed E-state index contributed by atoms with van der Waals surface area (Å²) >= 11 is 1.59. The minimum absolute atomic E-state index is 0.0499. The zero-order valence-electron chi connectivity index (χ0n) is 10.8. The standard InChI is InChI=1S/C14H19NO2S/c1-3-11(2)14(17)15-10-13-12(7-9-18-13)6-4-5-8-16/h7,9,11,16H,3,5,8,10H2,1-2H3,(H,15,17). The second-order valence-corrected chi connectivity index (χ2v) is 5.06. The van der Waals surface area contributed by atoms with E-state index in [1.54, 1.807) is 11.3 Å². The van der Waals surface area contributed by atoms with Gasteiger partial charge in [-0.25, -0.2) is 0 Å². The van der Waals surface area contributed by atoms with Crippen LogP contribution < -0.4 is 5.32 Å². The summed E-state index contributed by atoms with van der Waals surface area (Å²) in [5, 5.41) is 13.6. The molecular formula is C14H19NO2S. The Morgan fingerprint density at radius 3 is 3.06 bits per heavy atom. The van der Waals surface area contributed by atoms with E-state index in [9.17, 15) is 4.79 Å². The third kappa shape index (κ3) is 4.52. The summed E-state index contributed by atoms with van der Waals surface area (Å²) in [6, 6.07) is 1.94. The minimum Gasteiger partial charge on any atom is -0.395 e. The summed E-state index contributed by atoms with van der Waals surface area (Å²) < 4.78 is 0. The van der Waals surface area contributed by atoms with Crippen molar-refractivity contribution in [2.75, 3.05) is 6.61 Å². The number of carbonyl (C=O) groups is 1. The van der Waals surface area contributed by atoms with Gasteiger partial charge < -0.3 is 10.4 Å². The van der Waals surface area contributed by atoms with Crippen LogP contribution in [0.2, 0.25) is 0 Å². The van der Waals surface area contributed by atoms with Crippen LogP contribution in [-0.4, -0.2) is 17.6 Å². The Morgan fingerprint density at radius 1 is 1.61 bits per heavy atom. The van der Waals surface area contributed by atoms with Crippen LogP contribution in [0.5, 0.6) is 0 Å². The van der Waals surface area contributed by atoms with E-state index >= 15 is 0 Å². The summed E-state index contributed by atoms with van der Waals surface area (Å²) in [5.41, 5.74) is 0.943. The fourth-order valence-corrected chi connectivity index (χ4v) is 2.10. The number of hydrogen-bond acceptors (Lipinski definition) is 3. The Balaban J connectivity index is 2.56. The molecule has 1 aromatic heterocycles. The molecule has 0 saturated carbocycles. The molecule has 2 N–H and O–H groups in total. The van der Waals surface area contributed by atoms with Gasteiger partial charge in [-0.15, -0.1) is 11.3 Å². The van der Waals surface area contributed by atoms with E-state index in [0.717, 1.165) is 16.9 Å². The SMILES string of the molecule is CCC(C)C(=O)NCc1sccc1C#CCCO. The van der Waals surface area contributed by atoms with Crippen LogP contribution in [0.1, 0.15) is 37.1 Å². The van der Waals surface area contributed by atoms with Crippen LogP contribution >= 0.6 is 11.3 Å². The second-order valence-electron chi connectivity index (χ2n) is 4.06. The Kier molecular flexibility index (Phi) is 6.48. The van der Waals surface area contributed by atoms with Gasteiger partial charge in [0.1, 0.15) is 0 Å². The lowest BCUT2D eigenvalue weighted by atomic mass is 10.1. The molecule has 0 aromatic carbocycles. The number of aliphatic hydroxyl groups is 1.